The molecule has 0 heterocycles. The first-order valence-corrected chi connectivity index (χ1v) is 13.7. The van der Waals surface area contributed by atoms with Crippen molar-refractivity contribution in [2.24, 2.45) is 5.92 Å². The molecule has 0 bridgehead atoms. The van der Waals surface area contributed by atoms with Crippen molar-refractivity contribution < 1.29 is 0 Å². The van der Waals surface area contributed by atoms with Gasteiger partial charge in [-0.05, 0) is 99.1 Å². The van der Waals surface area contributed by atoms with Crippen molar-refractivity contribution in [1.29, 1.82) is 0 Å². The van der Waals surface area contributed by atoms with Crippen LogP contribution in [0.25, 0.3) is 0 Å². The van der Waals surface area contributed by atoms with Crippen molar-refractivity contribution in [2.45, 2.75) is 128 Å². The number of hydrogen-bond donors (Lipinski definition) is 0. The minimum Gasteiger partial charge on any atom is -0.103 e. The number of allylic oxidation sites excluding steroid dienone is 2. The molecule has 0 nitrogen and oxygen atoms in total. The van der Waals surface area contributed by atoms with E-state index in [4.69, 9.17) is 0 Å². The van der Waals surface area contributed by atoms with Gasteiger partial charge in [0.1, 0.15) is 0 Å². The highest BCUT2D eigenvalue weighted by atomic mass is 14.2. The summed E-state index contributed by atoms with van der Waals surface area (Å²) in [7, 11) is 0. The van der Waals surface area contributed by atoms with Crippen LogP contribution >= 0.6 is 0 Å². The Kier molecular flexibility index (Phi) is 23.7. The van der Waals surface area contributed by atoms with Crippen LogP contribution in [0.1, 0.15) is 121 Å². The van der Waals surface area contributed by atoms with E-state index in [9.17, 15) is 0 Å². The summed E-state index contributed by atoms with van der Waals surface area (Å²) in [6.45, 7) is 30.9. The Hall–Kier alpha value is -2.08. The quantitative estimate of drug-likeness (QED) is 0.265. The Balaban J connectivity index is -0.000000486. The molecule has 0 aliphatic carbocycles. The zero-order chi connectivity index (χ0) is 27.4. The molecule has 0 aliphatic rings. The minimum atomic E-state index is 0. The SMILES string of the molecule is C.C=CC.C=CC.CCCC(C)CCCCc1ccccc1.Cc1cc(C)c(C(C)(C)C)c(C)c1C. The molecule has 0 aliphatic heterocycles. The van der Waals surface area contributed by atoms with Gasteiger partial charge in [-0.15, -0.1) is 13.2 Å². The summed E-state index contributed by atoms with van der Waals surface area (Å²) in [5, 5.41) is 0. The second-order valence-corrected chi connectivity index (χ2v) is 10.8. The van der Waals surface area contributed by atoms with Gasteiger partial charge in [0, 0.05) is 0 Å². The van der Waals surface area contributed by atoms with Crippen molar-refractivity contribution >= 4 is 0 Å². The molecular weight excluding hydrogens is 432 g/mol. The molecule has 0 amide bonds. The Morgan fingerprint density at radius 2 is 1.31 bits per heavy atom. The molecule has 206 valence electrons. The van der Waals surface area contributed by atoms with Crippen LogP contribution in [-0.2, 0) is 11.8 Å². The maximum atomic E-state index is 3.36. The highest BCUT2D eigenvalue weighted by Crippen LogP contribution is 2.31. The zero-order valence-electron chi connectivity index (χ0n) is 25.4. The van der Waals surface area contributed by atoms with Gasteiger partial charge in [-0.3, -0.25) is 0 Å². The van der Waals surface area contributed by atoms with E-state index in [1.165, 1.54) is 71.9 Å². The number of hydrogen-bond acceptors (Lipinski definition) is 0. The number of rotatable bonds is 7. The monoisotopic (exact) mass is 494 g/mol. The van der Waals surface area contributed by atoms with Gasteiger partial charge in [-0.1, -0.05) is 116 Å². The lowest BCUT2D eigenvalue weighted by atomic mass is 9.79. The van der Waals surface area contributed by atoms with Crippen LogP contribution in [0.5, 0.6) is 0 Å². The van der Waals surface area contributed by atoms with E-state index in [-0.39, 0.29) is 12.8 Å². The lowest BCUT2D eigenvalue weighted by molar-refractivity contribution is 0.461. The number of unbranched alkanes of at least 4 members (excludes halogenated alkanes) is 1. The van der Waals surface area contributed by atoms with Crippen LogP contribution in [0.3, 0.4) is 0 Å². The van der Waals surface area contributed by atoms with Crippen molar-refractivity contribution in [3.63, 3.8) is 0 Å². The summed E-state index contributed by atoms with van der Waals surface area (Å²) in [6, 6.07) is 13.1. The summed E-state index contributed by atoms with van der Waals surface area (Å²) in [5.41, 5.74) is 9.01. The van der Waals surface area contributed by atoms with Gasteiger partial charge in [0.2, 0.25) is 0 Å². The molecule has 2 rings (SSSR count). The molecular formula is C36H62. The van der Waals surface area contributed by atoms with Crippen LogP contribution in [0.4, 0.5) is 0 Å². The summed E-state index contributed by atoms with van der Waals surface area (Å²) in [4.78, 5) is 0. The van der Waals surface area contributed by atoms with Crippen LogP contribution < -0.4 is 0 Å². The standard InChI is InChI=1S/C15H24.C14H22.2C3H6.CH4/c1-3-9-14(2)10-7-8-13-15-11-5-4-6-12-15;1-9-8-10(2)13(14(5,6)7)12(4)11(9)3;2*1-3-2;/h4-6,11-12,14H,3,7-10,13H2,1-2H3;8H,1-7H3;2*3H,1H2,2H3;1H4. The van der Waals surface area contributed by atoms with E-state index in [0.29, 0.717) is 0 Å². The molecule has 36 heavy (non-hydrogen) atoms. The average Bonchev–Trinajstić information content (AvgIpc) is 2.77. The first-order chi connectivity index (χ1) is 16.4. The van der Waals surface area contributed by atoms with Gasteiger partial charge in [-0.25, -0.2) is 0 Å². The lowest BCUT2D eigenvalue weighted by Crippen LogP contribution is -2.16. The highest BCUT2D eigenvalue weighted by molar-refractivity contribution is 5.47. The molecule has 0 spiro atoms. The van der Waals surface area contributed by atoms with Gasteiger partial charge < -0.3 is 0 Å². The number of benzene rings is 2. The van der Waals surface area contributed by atoms with Gasteiger partial charge in [0.25, 0.3) is 0 Å². The summed E-state index contributed by atoms with van der Waals surface area (Å²) in [6.07, 6.45) is 11.6. The van der Waals surface area contributed by atoms with Crippen molar-refractivity contribution in [3.05, 3.63) is 95.1 Å². The Morgan fingerprint density at radius 1 is 0.806 bits per heavy atom. The molecule has 2 aromatic rings. The molecule has 0 saturated heterocycles. The fourth-order valence-corrected chi connectivity index (χ4v) is 4.54. The minimum absolute atomic E-state index is 0. The van der Waals surface area contributed by atoms with Crippen LogP contribution in [-0.4, -0.2) is 0 Å². The predicted molar refractivity (Wildman–Crippen MR) is 171 cm³/mol. The fraction of sp³-hybridized carbons (Fsp3) is 0.556. The third kappa shape index (κ3) is 17.4. The largest absolute Gasteiger partial charge is 0.103 e. The number of aryl methyl sites for hydroxylation is 3. The van der Waals surface area contributed by atoms with Crippen molar-refractivity contribution in [2.75, 3.05) is 0 Å². The molecule has 2 aromatic carbocycles. The van der Waals surface area contributed by atoms with E-state index in [2.05, 4.69) is 112 Å². The van der Waals surface area contributed by atoms with Gasteiger partial charge >= 0.3 is 0 Å². The van der Waals surface area contributed by atoms with E-state index in [1.54, 1.807) is 12.2 Å². The molecule has 1 atom stereocenters. The second kappa shape index (κ2) is 22.1. The Labute approximate surface area is 228 Å². The van der Waals surface area contributed by atoms with Gasteiger partial charge in [-0.2, -0.15) is 0 Å². The Morgan fingerprint density at radius 3 is 1.75 bits per heavy atom. The topological polar surface area (TPSA) is 0 Å². The maximum Gasteiger partial charge on any atom is -0.0127 e. The third-order valence-electron chi connectivity index (χ3n) is 6.14. The lowest BCUT2D eigenvalue weighted by Gasteiger charge is -2.26. The van der Waals surface area contributed by atoms with Crippen LogP contribution in [0.2, 0.25) is 0 Å². The van der Waals surface area contributed by atoms with Crippen LogP contribution in [0, 0.1) is 33.6 Å². The first-order valence-electron chi connectivity index (χ1n) is 13.7. The third-order valence-corrected chi connectivity index (χ3v) is 6.14. The molecule has 0 saturated carbocycles. The van der Waals surface area contributed by atoms with Gasteiger partial charge in [0.15, 0.2) is 0 Å². The Bertz CT molecular complexity index is 796. The highest BCUT2D eigenvalue weighted by Gasteiger charge is 2.20. The maximum absolute atomic E-state index is 3.36. The smallest absolute Gasteiger partial charge is 0.0127 e. The molecule has 1 unspecified atom stereocenters. The van der Waals surface area contributed by atoms with Gasteiger partial charge in [0.05, 0.1) is 0 Å². The zero-order valence-corrected chi connectivity index (χ0v) is 25.4. The normalized spacial score (nSPS) is 10.6. The van der Waals surface area contributed by atoms with E-state index in [1.807, 2.05) is 13.8 Å². The molecule has 0 aromatic heterocycles. The predicted octanol–water partition coefficient (Wildman–Crippen LogP) is 12.1. The second-order valence-electron chi connectivity index (χ2n) is 10.8. The molecule has 0 radical (unpaired) electrons. The van der Waals surface area contributed by atoms with Crippen molar-refractivity contribution in [1.82, 2.24) is 0 Å². The fourth-order valence-electron chi connectivity index (χ4n) is 4.54. The summed E-state index contributed by atoms with van der Waals surface area (Å²) in [5.74, 6) is 0.922. The van der Waals surface area contributed by atoms with E-state index >= 15 is 0 Å². The molecule has 0 fully saturated rings. The summed E-state index contributed by atoms with van der Waals surface area (Å²) >= 11 is 0. The van der Waals surface area contributed by atoms with E-state index in [0.717, 1.165) is 5.92 Å². The van der Waals surface area contributed by atoms with Crippen LogP contribution in [0.15, 0.2) is 61.7 Å². The molecule has 0 heteroatoms. The van der Waals surface area contributed by atoms with Crippen molar-refractivity contribution in [3.8, 4) is 0 Å². The first kappa shape index (κ1) is 38.5. The van der Waals surface area contributed by atoms with E-state index < -0.39 is 0 Å². The summed E-state index contributed by atoms with van der Waals surface area (Å²) < 4.78 is 0. The average molecular weight is 495 g/mol. The molecule has 0 N–H and O–H groups in total.